The van der Waals surface area contributed by atoms with Crippen LogP contribution in [0.15, 0.2) is 0 Å². The van der Waals surface area contributed by atoms with Crippen LogP contribution >= 0.6 is 0 Å². The Morgan fingerprint density at radius 1 is 1.04 bits per heavy atom. The van der Waals surface area contributed by atoms with Gasteiger partial charge in [0.25, 0.3) is 0 Å². The molecule has 2 heterocycles. The quantitative estimate of drug-likeness (QED) is 0.241. The summed E-state index contributed by atoms with van der Waals surface area (Å²) in [5.41, 5.74) is 0. The Morgan fingerprint density at radius 2 is 1.68 bits per heavy atom. The van der Waals surface area contributed by atoms with E-state index < -0.39 is 68.0 Å². The molecule has 0 saturated carbocycles. The molecule has 2 saturated heterocycles. The highest BCUT2D eigenvalue weighted by molar-refractivity contribution is 4.94. The Balaban J connectivity index is 2.10. The van der Waals surface area contributed by atoms with Crippen LogP contribution in [-0.2, 0) is 23.7 Å². The zero-order chi connectivity index (χ0) is 18.7. The first-order valence-corrected chi connectivity index (χ1v) is 7.85. The van der Waals surface area contributed by atoms with E-state index in [1.54, 1.807) is 0 Å². The molecule has 2 aliphatic heterocycles. The van der Waals surface area contributed by atoms with Crippen LogP contribution in [0.4, 0.5) is 0 Å². The number of methoxy groups -OCH3 is 2. The average Bonchev–Trinajstić information content (AvgIpc) is 2.97. The third-order valence-corrected chi connectivity index (χ3v) is 4.38. The van der Waals surface area contributed by atoms with E-state index in [1.165, 1.54) is 14.2 Å². The van der Waals surface area contributed by atoms with Crippen molar-refractivity contribution in [3.63, 3.8) is 0 Å². The largest absolute Gasteiger partial charge is 0.394 e. The van der Waals surface area contributed by atoms with Gasteiger partial charge in [0.15, 0.2) is 12.6 Å². The molecule has 0 aliphatic carbocycles. The van der Waals surface area contributed by atoms with Gasteiger partial charge in [0.2, 0.25) is 0 Å². The summed E-state index contributed by atoms with van der Waals surface area (Å²) in [6, 6.07) is 0. The molecule has 0 aromatic rings. The van der Waals surface area contributed by atoms with Crippen LogP contribution in [0.1, 0.15) is 0 Å². The van der Waals surface area contributed by atoms with E-state index in [1.807, 2.05) is 0 Å². The second kappa shape index (κ2) is 8.97. The number of aliphatic hydroxyl groups is 6. The molecule has 9 atom stereocenters. The Hall–Kier alpha value is -0.440. The highest BCUT2D eigenvalue weighted by atomic mass is 16.7. The minimum absolute atomic E-state index is 0.149. The van der Waals surface area contributed by atoms with Gasteiger partial charge >= 0.3 is 0 Å². The fourth-order valence-electron chi connectivity index (χ4n) is 2.94. The lowest BCUT2D eigenvalue weighted by atomic mass is 9.99. The first-order valence-electron chi connectivity index (χ1n) is 7.85. The van der Waals surface area contributed by atoms with E-state index in [0.29, 0.717) is 0 Å². The first kappa shape index (κ1) is 20.9. The third kappa shape index (κ3) is 4.28. The van der Waals surface area contributed by atoms with Crippen LogP contribution in [0.2, 0.25) is 0 Å². The molecule has 0 aromatic carbocycles. The molecule has 0 spiro atoms. The Kier molecular flexibility index (Phi) is 7.49. The molecular formula is C14H26O11. The first-order chi connectivity index (χ1) is 11.8. The van der Waals surface area contributed by atoms with Crippen molar-refractivity contribution in [1.82, 2.24) is 0 Å². The number of hydrogen-bond acceptors (Lipinski definition) is 11. The SMILES string of the molecule is COC(OC)[C@H](O)[C@@H]1OC[C@@H](O)[C@@H]1O[C@@H]1O[C@H](CO)[C@H](O)[C@H](O)[C@H]1O. The van der Waals surface area contributed by atoms with Crippen molar-refractivity contribution in [2.24, 2.45) is 0 Å². The molecule has 0 aromatic heterocycles. The molecule has 2 fully saturated rings. The molecule has 0 amide bonds. The lowest BCUT2D eigenvalue weighted by Crippen LogP contribution is -2.61. The number of hydrogen-bond donors (Lipinski definition) is 6. The summed E-state index contributed by atoms with van der Waals surface area (Å²) in [6.45, 7) is -0.764. The lowest BCUT2D eigenvalue weighted by Gasteiger charge is -2.41. The highest BCUT2D eigenvalue weighted by Gasteiger charge is 2.50. The Bertz CT molecular complexity index is 404. The summed E-state index contributed by atoms with van der Waals surface area (Å²) >= 11 is 0. The molecule has 6 N–H and O–H groups in total. The topological polar surface area (TPSA) is 168 Å². The second-order valence-electron chi connectivity index (χ2n) is 5.99. The smallest absolute Gasteiger partial charge is 0.187 e. The summed E-state index contributed by atoms with van der Waals surface area (Å²) < 4.78 is 26.0. The fourth-order valence-corrected chi connectivity index (χ4v) is 2.94. The lowest BCUT2D eigenvalue weighted by molar-refractivity contribution is -0.321. The second-order valence-corrected chi connectivity index (χ2v) is 5.99. The van der Waals surface area contributed by atoms with Crippen LogP contribution in [0.5, 0.6) is 0 Å². The molecule has 2 aliphatic rings. The standard InChI is InChI=1S/C14H26O11/c1-21-13(22-2)10(20)12-11(5(16)4-23-12)25-14-9(19)8(18)7(17)6(3-15)24-14/h5-20H,3-4H2,1-2H3/t5-,6-,7+,8+,9-,10-,11+,12+,14+/m1/s1. The van der Waals surface area contributed by atoms with E-state index >= 15 is 0 Å². The molecule has 11 heteroatoms. The van der Waals surface area contributed by atoms with Gasteiger partial charge < -0.3 is 54.3 Å². The van der Waals surface area contributed by atoms with Crippen LogP contribution in [-0.4, -0.2) is 119 Å². The average molecular weight is 370 g/mol. The van der Waals surface area contributed by atoms with Gasteiger partial charge in [-0.1, -0.05) is 0 Å². The molecular weight excluding hydrogens is 344 g/mol. The monoisotopic (exact) mass is 370 g/mol. The summed E-state index contributed by atoms with van der Waals surface area (Å²) in [7, 11) is 2.63. The van der Waals surface area contributed by atoms with E-state index in [0.717, 1.165) is 0 Å². The van der Waals surface area contributed by atoms with Gasteiger partial charge in [-0.15, -0.1) is 0 Å². The van der Waals surface area contributed by atoms with E-state index in [4.69, 9.17) is 23.7 Å². The van der Waals surface area contributed by atoms with Crippen molar-refractivity contribution < 1.29 is 54.3 Å². The van der Waals surface area contributed by atoms with E-state index in [9.17, 15) is 30.6 Å². The summed E-state index contributed by atoms with van der Waals surface area (Å²) in [5.74, 6) is 0. The van der Waals surface area contributed by atoms with Crippen molar-refractivity contribution in [2.45, 2.75) is 61.4 Å². The van der Waals surface area contributed by atoms with Crippen LogP contribution in [0.25, 0.3) is 0 Å². The van der Waals surface area contributed by atoms with Crippen LogP contribution < -0.4 is 0 Å². The minimum atomic E-state index is -1.64. The van der Waals surface area contributed by atoms with Crippen LogP contribution in [0, 0.1) is 0 Å². The molecule has 2 rings (SSSR count). The molecule has 25 heavy (non-hydrogen) atoms. The van der Waals surface area contributed by atoms with E-state index in [-0.39, 0.29) is 6.61 Å². The van der Waals surface area contributed by atoms with Crippen molar-refractivity contribution >= 4 is 0 Å². The maximum Gasteiger partial charge on any atom is 0.187 e. The van der Waals surface area contributed by atoms with Gasteiger partial charge in [0, 0.05) is 14.2 Å². The Morgan fingerprint density at radius 3 is 2.24 bits per heavy atom. The number of rotatable bonds is 7. The van der Waals surface area contributed by atoms with Crippen molar-refractivity contribution in [3.8, 4) is 0 Å². The third-order valence-electron chi connectivity index (χ3n) is 4.38. The van der Waals surface area contributed by atoms with Gasteiger partial charge in [0.05, 0.1) is 13.2 Å². The zero-order valence-corrected chi connectivity index (χ0v) is 13.9. The maximum absolute atomic E-state index is 10.3. The molecule has 148 valence electrons. The number of ether oxygens (including phenoxy) is 5. The van der Waals surface area contributed by atoms with Crippen molar-refractivity contribution in [1.29, 1.82) is 0 Å². The number of aliphatic hydroxyl groups excluding tert-OH is 6. The summed E-state index contributed by atoms with van der Waals surface area (Å²) in [5, 5.41) is 59.1. The van der Waals surface area contributed by atoms with Crippen LogP contribution in [0.3, 0.4) is 0 Å². The van der Waals surface area contributed by atoms with Gasteiger partial charge in [-0.3, -0.25) is 0 Å². The summed E-state index contributed by atoms with van der Waals surface area (Å²) in [6.07, 6.45) is -13.1. The summed E-state index contributed by atoms with van der Waals surface area (Å²) in [4.78, 5) is 0. The van der Waals surface area contributed by atoms with Crippen molar-refractivity contribution in [2.75, 3.05) is 27.4 Å². The molecule has 0 bridgehead atoms. The predicted molar refractivity (Wildman–Crippen MR) is 78.2 cm³/mol. The molecule has 0 unspecified atom stereocenters. The predicted octanol–water partition coefficient (Wildman–Crippen LogP) is -4.09. The van der Waals surface area contributed by atoms with Gasteiger partial charge in [-0.05, 0) is 0 Å². The molecule has 0 radical (unpaired) electrons. The molecule has 11 nitrogen and oxygen atoms in total. The maximum atomic E-state index is 10.3. The van der Waals surface area contributed by atoms with Gasteiger partial charge in [-0.2, -0.15) is 0 Å². The zero-order valence-electron chi connectivity index (χ0n) is 13.9. The van der Waals surface area contributed by atoms with E-state index in [2.05, 4.69) is 0 Å². The normalized spacial score (nSPS) is 43.6. The van der Waals surface area contributed by atoms with Crippen molar-refractivity contribution in [3.05, 3.63) is 0 Å². The Labute approximate surface area is 144 Å². The fraction of sp³-hybridized carbons (Fsp3) is 1.00. The van der Waals surface area contributed by atoms with Gasteiger partial charge in [0.1, 0.15) is 48.8 Å². The van der Waals surface area contributed by atoms with Gasteiger partial charge in [-0.25, -0.2) is 0 Å². The minimum Gasteiger partial charge on any atom is -0.394 e. The highest BCUT2D eigenvalue weighted by Crippen LogP contribution is 2.29.